The number of fused-ring (bicyclic) bond motifs is 1. The van der Waals surface area contributed by atoms with Crippen LogP contribution in [0.1, 0.15) is 24.5 Å². The Kier molecular flexibility index (Phi) is 4.78. The van der Waals surface area contributed by atoms with Gasteiger partial charge in [-0.05, 0) is 49.2 Å². The van der Waals surface area contributed by atoms with Gasteiger partial charge < -0.3 is 0 Å². The third-order valence-corrected chi connectivity index (χ3v) is 6.86. The molecule has 0 bridgehead atoms. The van der Waals surface area contributed by atoms with Gasteiger partial charge in [-0.1, -0.05) is 52.2 Å². The number of benzene rings is 2. The summed E-state index contributed by atoms with van der Waals surface area (Å²) in [6.07, 6.45) is 0.798. The van der Waals surface area contributed by atoms with E-state index in [0.717, 1.165) is 27.6 Å². The summed E-state index contributed by atoms with van der Waals surface area (Å²) in [5.41, 5.74) is 3.64. The SMILES string of the molecule is CCC1=C(Br)CN(S(=O)(=O)c2ccc(C)cc2)c2ccc(Cl)cc21. The first-order valence-corrected chi connectivity index (χ1v) is 10.2. The van der Waals surface area contributed by atoms with E-state index in [4.69, 9.17) is 11.6 Å². The van der Waals surface area contributed by atoms with Crippen LogP contribution >= 0.6 is 27.5 Å². The van der Waals surface area contributed by atoms with Crippen molar-refractivity contribution in [1.82, 2.24) is 0 Å². The molecular weight excluding hydrogens is 410 g/mol. The van der Waals surface area contributed by atoms with Gasteiger partial charge in [-0.3, -0.25) is 4.31 Å². The van der Waals surface area contributed by atoms with Crippen LogP contribution in [0, 0.1) is 6.92 Å². The third-order valence-electron chi connectivity index (χ3n) is 4.12. The van der Waals surface area contributed by atoms with E-state index in [9.17, 15) is 8.42 Å². The molecule has 0 fully saturated rings. The van der Waals surface area contributed by atoms with Gasteiger partial charge in [0.05, 0.1) is 17.1 Å². The number of aryl methyl sites for hydroxylation is 1. The lowest BCUT2D eigenvalue weighted by atomic mass is 9.98. The summed E-state index contributed by atoms with van der Waals surface area (Å²) in [5, 5.41) is 0.592. The summed E-state index contributed by atoms with van der Waals surface area (Å²) < 4.78 is 28.6. The van der Waals surface area contributed by atoms with E-state index in [-0.39, 0.29) is 11.4 Å². The first-order chi connectivity index (χ1) is 11.3. The van der Waals surface area contributed by atoms with Crippen molar-refractivity contribution in [3.05, 3.63) is 63.1 Å². The van der Waals surface area contributed by atoms with Gasteiger partial charge in [0.2, 0.25) is 0 Å². The van der Waals surface area contributed by atoms with Gasteiger partial charge in [0.25, 0.3) is 10.0 Å². The number of halogens is 2. The zero-order chi connectivity index (χ0) is 17.5. The molecule has 1 heterocycles. The minimum absolute atomic E-state index is 0.286. The molecule has 126 valence electrons. The summed E-state index contributed by atoms with van der Waals surface area (Å²) in [6, 6.07) is 12.2. The summed E-state index contributed by atoms with van der Waals surface area (Å²) in [5.74, 6) is 0. The molecule has 3 nitrogen and oxygen atoms in total. The molecule has 0 amide bonds. The fourth-order valence-electron chi connectivity index (χ4n) is 2.85. The van der Waals surface area contributed by atoms with Gasteiger partial charge in [-0.15, -0.1) is 0 Å². The highest BCUT2D eigenvalue weighted by atomic mass is 79.9. The molecule has 0 aliphatic carbocycles. The smallest absolute Gasteiger partial charge is 0.261 e. The molecule has 0 unspecified atom stereocenters. The molecule has 3 rings (SSSR count). The van der Waals surface area contributed by atoms with Crippen LogP contribution in [0.15, 0.2) is 51.8 Å². The number of hydrogen-bond donors (Lipinski definition) is 0. The van der Waals surface area contributed by atoms with E-state index in [0.29, 0.717) is 10.7 Å². The van der Waals surface area contributed by atoms with Crippen molar-refractivity contribution >= 4 is 48.8 Å². The topological polar surface area (TPSA) is 37.4 Å². The van der Waals surface area contributed by atoms with Crippen LogP contribution in [0.2, 0.25) is 5.02 Å². The van der Waals surface area contributed by atoms with Crippen molar-refractivity contribution in [2.24, 2.45) is 0 Å². The lowest BCUT2D eigenvalue weighted by Crippen LogP contribution is -2.35. The number of sulfonamides is 1. The number of rotatable bonds is 3. The highest BCUT2D eigenvalue weighted by Crippen LogP contribution is 2.42. The molecule has 0 N–H and O–H groups in total. The Balaban J connectivity index is 2.17. The predicted molar refractivity (Wildman–Crippen MR) is 103 cm³/mol. The maximum atomic E-state index is 13.1. The highest BCUT2D eigenvalue weighted by molar-refractivity contribution is 9.11. The first-order valence-electron chi connectivity index (χ1n) is 7.61. The summed E-state index contributed by atoms with van der Waals surface area (Å²) in [4.78, 5) is 0.286. The minimum Gasteiger partial charge on any atom is -0.261 e. The number of nitrogens with zero attached hydrogens (tertiary/aromatic N) is 1. The molecule has 0 spiro atoms. The molecule has 0 saturated carbocycles. The average molecular weight is 427 g/mol. The van der Waals surface area contributed by atoms with Crippen LogP contribution in [0.25, 0.3) is 5.57 Å². The van der Waals surface area contributed by atoms with Crippen LogP contribution in [0.5, 0.6) is 0 Å². The highest BCUT2D eigenvalue weighted by Gasteiger charge is 2.32. The summed E-state index contributed by atoms with van der Waals surface area (Å²) in [7, 11) is -3.64. The zero-order valence-electron chi connectivity index (χ0n) is 13.4. The van der Waals surface area contributed by atoms with E-state index in [1.807, 2.05) is 32.0 Å². The quantitative estimate of drug-likeness (QED) is 0.661. The van der Waals surface area contributed by atoms with Crippen molar-refractivity contribution in [1.29, 1.82) is 0 Å². The standard InChI is InChI=1S/C18H17BrClNO2S/c1-3-15-16-10-13(20)6-9-18(16)21(11-17(15)19)24(22,23)14-7-4-12(2)5-8-14/h4-10H,3,11H2,1-2H3. The Morgan fingerprint density at radius 2 is 1.83 bits per heavy atom. The van der Waals surface area contributed by atoms with Gasteiger partial charge in [-0.25, -0.2) is 8.42 Å². The van der Waals surface area contributed by atoms with Crippen molar-refractivity contribution < 1.29 is 8.42 Å². The van der Waals surface area contributed by atoms with E-state index >= 15 is 0 Å². The molecule has 6 heteroatoms. The predicted octanol–water partition coefficient (Wildman–Crippen LogP) is 5.37. The van der Waals surface area contributed by atoms with Gasteiger partial charge in [0.15, 0.2) is 0 Å². The van der Waals surface area contributed by atoms with Crippen LogP contribution in [-0.2, 0) is 10.0 Å². The van der Waals surface area contributed by atoms with Crippen molar-refractivity contribution in [3.8, 4) is 0 Å². The maximum Gasteiger partial charge on any atom is 0.264 e. The van der Waals surface area contributed by atoms with E-state index in [1.165, 1.54) is 4.31 Å². The van der Waals surface area contributed by atoms with Crippen molar-refractivity contribution in [3.63, 3.8) is 0 Å². The zero-order valence-corrected chi connectivity index (χ0v) is 16.5. The lowest BCUT2D eigenvalue weighted by molar-refractivity contribution is 0.592. The van der Waals surface area contributed by atoms with E-state index in [2.05, 4.69) is 15.9 Å². The maximum absolute atomic E-state index is 13.1. The number of hydrogen-bond acceptors (Lipinski definition) is 2. The Morgan fingerprint density at radius 1 is 1.17 bits per heavy atom. The molecule has 0 atom stereocenters. The number of allylic oxidation sites excluding steroid dienone is 1. The molecule has 0 radical (unpaired) electrons. The normalized spacial score (nSPS) is 14.8. The Labute approximate surface area is 156 Å². The summed E-state index contributed by atoms with van der Waals surface area (Å²) >= 11 is 9.69. The van der Waals surface area contributed by atoms with Crippen LogP contribution in [-0.4, -0.2) is 15.0 Å². The molecule has 1 aliphatic rings. The largest absolute Gasteiger partial charge is 0.264 e. The molecule has 2 aromatic rings. The van der Waals surface area contributed by atoms with Crippen LogP contribution in [0.3, 0.4) is 0 Å². The molecule has 1 aliphatic heterocycles. The monoisotopic (exact) mass is 425 g/mol. The molecule has 0 aromatic heterocycles. The van der Waals surface area contributed by atoms with Gasteiger partial charge in [-0.2, -0.15) is 0 Å². The van der Waals surface area contributed by atoms with Gasteiger partial charge >= 0.3 is 0 Å². The Morgan fingerprint density at radius 3 is 2.46 bits per heavy atom. The molecule has 0 saturated heterocycles. The fraction of sp³-hybridized carbons (Fsp3) is 0.222. The Hall–Kier alpha value is -1.30. The fourth-order valence-corrected chi connectivity index (χ4v) is 5.39. The molecule has 24 heavy (non-hydrogen) atoms. The van der Waals surface area contributed by atoms with Gasteiger partial charge in [0.1, 0.15) is 0 Å². The minimum atomic E-state index is -3.64. The van der Waals surface area contributed by atoms with Crippen molar-refractivity contribution in [2.45, 2.75) is 25.2 Å². The molecule has 2 aromatic carbocycles. The second kappa shape index (κ2) is 6.54. The Bertz CT molecular complexity index is 921. The van der Waals surface area contributed by atoms with Crippen LogP contribution < -0.4 is 4.31 Å². The number of anilines is 1. The average Bonchev–Trinajstić information content (AvgIpc) is 2.54. The van der Waals surface area contributed by atoms with Crippen LogP contribution in [0.4, 0.5) is 5.69 Å². The van der Waals surface area contributed by atoms with Gasteiger partial charge in [0, 0.05) is 15.1 Å². The summed E-state index contributed by atoms with van der Waals surface area (Å²) in [6.45, 7) is 4.26. The van der Waals surface area contributed by atoms with E-state index in [1.54, 1.807) is 24.3 Å². The lowest BCUT2D eigenvalue weighted by Gasteiger charge is -2.32. The molecular formula is C18H17BrClNO2S. The van der Waals surface area contributed by atoms with E-state index < -0.39 is 10.0 Å². The third kappa shape index (κ3) is 3.01. The first kappa shape index (κ1) is 17.5. The second-order valence-corrected chi connectivity index (χ2v) is 8.98. The van der Waals surface area contributed by atoms with Crippen molar-refractivity contribution in [2.75, 3.05) is 10.8 Å². The second-order valence-electron chi connectivity index (χ2n) is 5.72.